The van der Waals surface area contributed by atoms with Crippen LogP contribution in [0.5, 0.6) is 0 Å². The number of carbonyl (C=O) groups is 1. The van der Waals surface area contributed by atoms with E-state index in [9.17, 15) is 4.79 Å². The SMILES string of the molecule is CC1CN(Cc2ccc(N(C)C)cc2)CC1NC(=O)c1cc(C2CC2)on1. The molecule has 2 heterocycles. The summed E-state index contributed by atoms with van der Waals surface area (Å²) >= 11 is 0. The normalized spacial score (nSPS) is 22.8. The van der Waals surface area contributed by atoms with E-state index in [-0.39, 0.29) is 11.9 Å². The van der Waals surface area contributed by atoms with Crippen molar-refractivity contribution in [3.8, 4) is 0 Å². The van der Waals surface area contributed by atoms with Crippen LogP contribution in [0.15, 0.2) is 34.9 Å². The smallest absolute Gasteiger partial charge is 0.273 e. The van der Waals surface area contributed by atoms with E-state index in [1.807, 2.05) is 14.1 Å². The number of likely N-dealkylation sites (tertiary alicyclic amines) is 1. The van der Waals surface area contributed by atoms with Gasteiger partial charge in [0, 0.05) is 57.4 Å². The lowest BCUT2D eigenvalue weighted by molar-refractivity contribution is 0.0922. The van der Waals surface area contributed by atoms with Crippen LogP contribution in [0.2, 0.25) is 0 Å². The van der Waals surface area contributed by atoms with Crippen molar-refractivity contribution in [1.82, 2.24) is 15.4 Å². The van der Waals surface area contributed by atoms with Gasteiger partial charge in [-0.1, -0.05) is 24.2 Å². The molecular weight excluding hydrogens is 340 g/mol. The van der Waals surface area contributed by atoms with Crippen molar-refractivity contribution >= 4 is 11.6 Å². The van der Waals surface area contributed by atoms with Gasteiger partial charge in [-0.2, -0.15) is 0 Å². The summed E-state index contributed by atoms with van der Waals surface area (Å²) in [5.41, 5.74) is 2.91. The summed E-state index contributed by atoms with van der Waals surface area (Å²) in [6.45, 7) is 4.93. The van der Waals surface area contributed by atoms with Crippen LogP contribution in [-0.2, 0) is 6.54 Å². The van der Waals surface area contributed by atoms with E-state index in [1.54, 1.807) is 6.07 Å². The van der Waals surface area contributed by atoms with Gasteiger partial charge >= 0.3 is 0 Å². The molecule has 1 aliphatic heterocycles. The van der Waals surface area contributed by atoms with E-state index in [2.05, 4.69) is 51.5 Å². The number of amides is 1. The highest BCUT2D eigenvalue weighted by Gasteiger charge is 2.33. The molecule has 2 aromatic rings. The van der Waals surface area contributed by atoms with Crippen LogP contribution in [0.4, 0.5) is 5.69 Å². The fourth-order valence-electron chi connectivity index (χ4n) is 3.74. The van der Waals surface area contributed by atoms with Crippen molar-refractivity contribution < 1.29 is 9.32 Å². The number of anilines is 1. The van der Waals surface area contributed by atoms with Crippen molar-refractivity contribution in [3.05, 3.63) is 47.3 Å². The first-order valence-electron chi connectivity index (χ1n) is 9.75. The average Bonchev–Trinajstić information content (AvgIpc) is 3.27. The molecule has 6 nitrogen and oxygen atoms in total. The van der Waals surface area contributed by atoms with Gasteiger partial charge in [0.1, 0.15) is 5.76 Å². The number of carbonyl (C=O) groups excluding carboxylic acids is 1. The molecule has 144 valence electrons. The van der Waals surface area contributed by atoms with Crippen molar-refractivity contribution in [2.24, 2.45) is 5.92 Å². The first kappa shape index (κ1) is 18.0. The van der Waals surface area contributed by atoms with Gasteiger partial charge in [0.15, 0.2) is 5.69 Å². The maximum absolute atomic E-state index is 12.5. The van der Waals surface area contributed by atoms with Gasteiger partial charge < -0.3 is 14.7 Å². The summed E-state index contributed by atoms with van der Waals surface area (Å²) in [4.78, 5) is 17.0. The van der Waals surface area contributed by atoms with E-state index in [0.717, 1.165) is 38.2 Å². The summed E-state index contributed by atoms with van der Waals surface area (Å²) in [5.74, 6) is 1.60. The zero-order valence-corrected chi connectivity index (χ0v) is 16.3. The molecule has 2 aliphatic rings. The Labute approximate surface area is 160 Å². The van der Waals surface area contributed by atoms with Crippen LogP contribution >= 0.6 is 0 Å². The zero-order valence-electron chi connectivity index (χ0n) is 16.3. The number of rotatable bonds is 6. The molecule has 0 spiro atoms. The highest BCUT2D eigenvalue weighted by atomic mass is 16.5. The Balaban J connectivity index is 1.32. The van der Waals surface area contributed by atoms with Crippen molar-refractivity contribution in [2.45, 2.75) is 38.3 Å². The first-order chi connectivity index (χ1) is 13.0. The molecule has 4 rings (SSSR count). The molecule has 27 heavy (non-hydrogen) atoms. The molecule has 1 N–H and O–H groups in total. The number of benzene rings is 1. The molecule has 2 atom stereocenters. The van der Waals surface area contributed by atoms with E-state index in [1.165, 1.54) is 11.3 Å². The van der Waals surface area contributed by atoms with Crippen LogP contribution in [0.3, 0.4) is 0 Å². The van der Waals surface area contributed by atoms with Crippen LogP contribution < -0.4 is 10.2 Å². The second-order valence-corrected chi connectivity index (χ2v) is 8.20. The van der Waals surface area contributed by atoms with E-state index in [0.29, 0.717) is 17.5 Å². The van der Waals surface area contributed by atoms with Gasteiger partial charge in [-0.25, -0.2) is 0 Å². The number of hydrogen-bond donors (Lipinski definition) is 1. The van der Waals surface area contributed by atoms with E-state index in [4.69, 9.17) is 4.52 Å². The number of nitrogens with zero attached hydrogens (tertiary/aromatic N) is 3. The minimum Gasteiger partial charge on any atom is -0.378 e. The van der Waals surface area contributed by atoms with Crippen molar-refractivity contribution in [2.75, 3.05) is 32.1 Å². The Kier molecular flexibility index (Phi) is 4.91. The van der Waals surface area contributed by atoms with Crippen molar-refractivity contribution in [1.29, 1.82) is 0 Å². The average molecular weight is 368 g/mol. The molecule has 1 aliphatic carbocycles. The molecule has 1 saturated carbocycles. The molecule has 1 saturated heterocycles. The van der Waals surface area contributed by atoms with Gasteiger partial charge in [0.25, 0.3) is 5.91 Å². The molecular formula is C21H28N4O2. The van der Waals surface area contributed by atoms with Crippen LogP contribution in [0.25, 0.3) is 0 Å². The third-order valence-corrected chi connectivity index (χ3v) is 5.60. The molecule has 2 fully saturated rings. The van der Waals surface area contributed by atoms with Gasteiger partial charge in [-0.15, -0.1) is 0 Å². The van der Waals surface area contributed by atoms with Crippen LogP contribution in [0, 0.1) is 5.92 Å². The lowest BCUT2D eigenvalue weighted by Crippen LogP contribution is -2.39. The second-order valence-electron chi connectivity index (χ2n) is 8.20. The Morgan fingerprint density at radius 1 is 1.26 bits per heavy atom. The number of hydrogen-bond acceptors (Lipinski definition) is 5. The van der Waals surface area contributed by atoms with Crippen molar-refractivity contribution in [3.63, 3.8) is 0 Å². The Morgan fingerprint density at radius 3 is 2.67 bits per heavy atom. The van der Waals surface area contributed by atoms with Gasteiger partial charge in [0.05, 0.1) is 0 Å². The van der Waals surface area contributed by atoms with Gasteiger partial charge in [-0.05, 0) is 36.5 Å². The lowest BCUT2D eigenvalue weighted by Gasteiger charge is -2.18. The van der Waals surface area contributed by atoms with E-state index < -0.39 is 0 Å². The van der Waals surface area contributed by atoms with Gasteiger partial charge in [-0.3, -0.25) is 9.69 Å². The molecule has 1 aromatic carbocycles. The quantitative estimate of drug-likeness (QED) is 0.850. The maximum atomic E-state index is 12.5. The fourth-order valence-corrected chi connectivity index (χ4v) is 3.74. The molecule has 0 radical (unpaired) electrons. The molecule has 1 amide bonds. The topological polar surface area (TPSA) is 61.6 Å². The molecule has 2 unspecified atom stereocenters. The third kappa shape index (κ3) is 4.16. The summed E-state index contributed by atoms with van der Waals surface area (Å²) in [6.07, 6.45) is 2.28. The Bertz CT molecular complexity index is 795. The molecule has 0 bridgehead atoms. The monoisotopic (exact) mass is 368 g/mol. The summed E-state index contributed by atoms with van der Waals surface area (Å²) < 4.78 is 5.30. The van der Waals surface area contributed by atoms with Gasteiger partial charge in [0.2, 0.25) is 0 Å². The summed E-state index contributed by atoms with van der Waals surface area (Å²) in [6, 6.07) is 10.6. The predicted molar refractivity (Wildman–Crippen MR) is 105 cm³/mol. The standard InChI is InChI=1S/C21H28N4O2/c1-14-11-25(12-15-4-8-17(9-5-15)24(2)3)13-19(14)22-21(26)18-10-20(27-23-18)16-6-7-16/h4-5,8-10,14,16,19H,6-7,11-13H2,1-3H3,(H,22,26). The summed E-state index contributed by atoms with van der Waals surface area (Å²) in [7, 11) is 4.10. The second kappa shape index (κ2) is 7.35. The number of aromatic nitrogens is 1. The third-order valence-electron chi connectivity index (χ3n) is 5.60. The fraction of sp³-hybridized carbons (Fsp3) is 0.524. The number of nitrogens with one attached hydrogen (secondary N) is 1. The highest BCUT2D eigenvalue weighted by Crippen LogP contribution is 2.40. The first-order valence-corrected chi connectivity index (χ1v) is 9.75. The minimum atomic E-state index is -0.125. The largest absolute Gasteiger partial charge is 0.378 e. The molecule has 1 aromatic heterocycles. The lowest BCUT2D eigenvalue weighted by atomic mass is 10.1. The maximum Gasteiger partial charge on any atom is 0.273 e. The van der Waals surface area contributed by atoms with Crippen LogP contribution in [0.1, 0.15) is 47.5 Å². The predicted octanol–water partition coefficient (Wildman–Crippen LogP) is 2.87. The minimum absolute atomic E-state index is 0.125. The zero-order chi connectivity index (χ0) is 19.0. The van der Waals surface area contributed by atoms with Crippen LogP contribution in [-0.4, -0.2) is 49.2 Å². The summed E-state index contributed by atoms with van der Waals surface area (Å²) in [5, 5.41) is 7.10. The Hall–Kier alpha value is -2.34. The van der Waals surface area contributed by atoms with E-state index >= 15 is 0 Å². The molecule has 6 heteroatoms. The Morgan fingerprint density at radius 2 is 2.00 bits per heavy atom. The highest BCUT2D eigenvalue weighted by molar-refractivity contribution is 5.92.